The quantitative estimate of drug-likeness (QED) is 0.850. The van der Waals surface area contributed by atoms with E-state index in [4.69, 9.17) is 5.11 Å². The number of carboxylic acid groups (broad SMARTS) is 1. The Bertz CT molecular complexity index is 520. The molecule has 2 N–H and O–H groups in total. The third-order valence-electron chi connectivity index (χ3n) is 2.45. The summed E-state index contributed by atoms with van der Waals surface area (Å²) in [5.41, 5.74) is 1.77. The number of H-pyrrole nitrogens is 1. The summed E-state index contributed by atoms with van der Waals surface area (Å²) in [7, 11) is 0. The molecule has 17 heavy (non-hydrogen) atoms. The van der Waals surface area contributed by atoms with Crippen molar-refractivity contribution in [3.8, 4) is 0 Å². The largest absolute Gasteiger partial charge is 0.476 e. The first-order valence-electron chi connectivity index (χ1n) is 5.17. The van der Waals surface area contributed by atoms with Crippen LogP contribution in [0.2, 0.25) is 0 Å². The van der Waals surface area contributed by atoms with Crippen LogP contribution in [0.15, 0.2) is 30.3 Å². The molecule has 0 amide bonds. The number of rotatable bonds is 4. The van der Waals surface area contributed by atoms with E-state index in [0.717, 1.165) is 11.3 Å². The number of hydrogen-bond acceptors (Lipinski definition) is 2. The number of halogens is 1. The smallest absolute Gasteiger partial charge is 0.356 e. The fraction of sp³-hybridized carbons (Fsp3) is 0.167. The maximum atomic E-state index is 12.7. The van der Waals surface area contributed by atoms with E-state index in [-0.39, 0.29) is 11.5 Å². The Kier molecular flexibility index (Phi) is 3.18. The first kappa shape index (κ1) is 11.3. The highest BCUT2D eigenvalue weighted by Gasteiger charge is 2.07. The molecule has 2 rings (SSSR count). The van der Waals surface area contributed by atoms with Gasteiger partial charge in [0.25, 0.3) is 0 Å². The van der Waals surface area contributed by atoms with Crippen molar-refractivity contribution in [3.63, 3.8) is 0 Å². The molecule has 0 aliphatic heterocycles. The highest BCUT2D eigenvalue weighted by Crippen LogP contribution is 2.08. The molecule has 1 heterocycles. The summed E-state index contributed by atoms with van der Waals surface area (Å²) in [4.78, 5) is 10.6. The van der Waals surface area contributed by atoms with E-state index >= 15 is 0 Å². The SMILES string of the molecule is O=C(O)c1cc(CCc2ccc(F)cc2)[nH]n1. The predicted molar refractivity (Wildman–Crippen MR) is 59.4 cm³/mol. The molecule has 88 valence electrons. The number of aryl methyl sites for hydroxylation is 2. The van der Waals surface area contributed by atoms with E-state index in [9.17, 15) is 9.18 Å². The number of hydrogen-bond donors (Lipinski definition) is 2. The lowest BCUT2D eigenvalue weighted by atomic mass is 10.1. The van der Waals surface area contributed by atoms with E-state index in [0.29, 0.717) is 12.8 Å². The molecule has 0 radical (unpaired) electrons. The van der Waals surface area contributed by atoms with Crippen molar-refractivity contribution in [1.82, 2.24) is 10.2 Å². The van der Waals surface area contributed by atoms with Crippen molar-refractivity contribution in [3.05, 3.63) is 53.1 Å². The standard InChI is InChI=1S/C12H11FN2O2/c13-9-4-1-8(2-5-9)3-6-10-7-11(12(16)17)15-14-10/h1-2,4-5,7H,3,6H2,(H,14,15)(H,16,17). The number of carboxylic acids is 1. The summed E-state index contributed by atoms with van der Waals surface area (Å²) in [6, 6.07) is 7.75. The second kappa shape index (κ2) is 4.78. The van der Waals surface area contributed by atoms with Gasteiger partial charge in [0.2, 0.25) is 0 Å². The second-order valence-corrected chi connectivity index (χ2v) is 3.71. The predicted octanol–water partition coefficient (Wildman–Crippen LogP) is 2.03. The molecule has 1 aromatic carbocycles. The van der Waals surface area contributed by atoms with Gasteiger partial charge < -0.3 is 5.11 Å². The van der Waals surface area contributed by atoms with E-state index in [1.54, 1.807) is 12.1 Å². The Hall–Kier alpha value is -2.17. The van der Waals surface area contributed by atoms with E-state index in [1.807, 2.05) is 0 Å². The normalized spacial score (nSPS) is 10.4. The van der Waals surface area contributed by atoms with Gasteiger partial charge in [0, 0.05) is 5.69 Å². The van der Waals surface area contributed by atoms with Crippen molar-refractivity contribution >= 4 is 5.97 Å². The Morgan fingerprint density at radius 3 is 2.59 bits per heavy atom. The number of nitrogens with one attached hydrogen (secondary N) is 1. The van der Waals surface area contributed by atoms with Crippen molar-refractivity contribution in [2.24, 2.45) is 0 Å². The van der Waals surface area contributed by atoms with Crippen LogP contribution >= 0.6 is 0 Å². The van der Waals surface area contributed by atoms with Gasteiger partial charge in [0.1, 0.15) is 5.82 Å². The molecule has 4 nitrogen and oxygen atoms in total. The first-order chi connectivity index (χ1) is 8.15. The summed E-state index contributed by atoms with van der Waals surface area (Å²) >= 11 is 0. The van der Waals surface area contributed by atoms with Gasteiger partial charge in [0.05, 0.1) is 0 Å². The topological polar surface area (TPSA) is 66.0 Å². The number of aromatic carboxylic acids is 1. The molecule has 0 atom stereocenters. The average Bonchev–Trinajstić information content (AvgIpc) is 2.77. The van der Waals surface area contributed by atoms with Crippen molar-refractivity contribution in [2.45, 2.75) is 12.8 Å². The van der Waals surface area contributed by atoms with Crippen LogP contribution < -0.4 is 0 Å². The van der Waals surface area contributed by atoms with Gasteiger partial charge in [-0.05, 0) is 36.6 Å². The lowest BCUT2D eigenvalue weighted by Crippen LogP contribution is -1.95. The van der Waals surface area contributed by atoms with Crippen LogP contribution in [-0.4, -0.2) is 21.3 Å². The van der Waals surface area contributed by atoms with Crippen molar-refractivity contribution in [1.29, 1.82) is 0 Å². The molecule has 0 spiro atoms. The molecule has 5 heteroatoms. The Morgan fingerprint density at radius 1 is 1.29 bits per heavy atom. The summed E-state index contributed by atoms with van der Waals surface area (Å²) in [5, 5.41) is 15.0. The first-order valence-corrected chi connectivity index (χ1v) is 5.17. The molecule has 0 fully saturated rings. The maximum Gasteiger partial charge on any atom is 0.356 e. The van der Waals surface area contributed by atoms with E-state index in [1.165, 1.54) is 18.2 Å². The minimum atomic E-state index is -1.05. The van der Waals surface area contributed by atoms with Gasteiger partial charge in [-0.1, -0.05) is 12.1 Å². The van der Waals surface area contributed by atoms with Crippen LogP contribution in [0.5, 0.6) is 0 Å². The highest BCUT2D eigenvalue weighted by atomic mass is 19.1. The van der Waals surface area contributed by atoms with Crippen LogP contribution in [0.1, 0.15) is 21.7 Å². The minimum Gasteiger partial charge on any atom is -0.476 e. The molecular formula is C12H11FN2O2. The Labute approximate surface area is 97.1 Å². The van der Waals surface area contributed by atoms with E-state index < -0.39 is 5.97 Å². The lowest BCUT2D eigenvalue weighted by Gasteiger charge is -1.99. The van der Waals surface area contributed by atoms with Gasteiger partial charge >= 0.3 is 5.97 Å². The Balaban J connectivity index is 1.97. The fourth-order valence-corrected chi connectivity index (χ4v) is 1.53. The molecular weight excluding hydrogens is 223 g/mol. The zero-order valence-electron chi connectivity index (χ0n) is 8.98. The van der Waals surface area contributed by atoms with Crippen molar-refractivity contribution < 1.29 is 14.3 Å². The zero-order chi connectivity index (χ0) is 12.3. The van der Waals surface area contributed by atoms with Gasteiger partial charge in [-0.25, -0.2) is 9.18 Å². The Morgan fingerprint density at radius 2 is 2.00 bits per heavy atom. The second-order valence-electron chi connectivity index (χ2n) is 3.71. The third kappa shape index (κ3) is 2.90. The summed E-state index contributed by atoms with van der Waals surface area (Å²) in [6.45, 7) is 0. The molecule has 0 saturated carbocycles. The average molecular weight is 234 g/mol. The van der Waals surface area contributed by atoms with E-state index in [2.05, 4.69) is 10.2 Å². The zero-order valence-corrected chi connectivity index (χ0v) is 8.98. The van der Waals surface area contributed by atoms with Gasteiger partial charge in [0.15, 0.2) is 5.69 Å². The van der Waals surface area contributed by atoms with Crippen LogP contribution in [-0.2, 0) is 12.8 Å². The number of aromatic nitrogens is 2. The van der Waals surface area contributed by atoms with Crippen LogP contribution in [0.4, 0.5) is 4.39 Å². The van der Waals surface area contributed by atoms with Gasteiger partial charge in [-0.3, -0.25) is 5.10 Å². The van der Waals surface area contributed by atoms with Gasteiger partial charge in [-0.2, -0.15) is 5.10 Å². The molecule has 0 unspecified atom stereocenters. The maximum absolute atomic E-state index is 12.7. The number of carbonyl (C=O) groups is 1. The minimum absolute atomic E-state index is 0.0131. The molecule has 0 saturated heterocycles. The van der Waals surface area contributed by atoms with Crippen molar-refractivity contribution in [2.75, 3.05) is 0 Å². The van der Waals surface area contributed by atoms with Gasteiger partial charge in [-0.15, -0.1) is 0 Å². The molecule has 0 bridgehead atoms. The third-order valence-corrected chi connectivity index (χ3v) is 2.45. The van der Waals surface area contributed by atoms with Crippen LogP contribution in [0.3, 0.4) is 0 Å². The van der Waals surface area contributed by atoms with Crippen LogP contribution in [0, 0.1) is 5.82 Å². The summed E-state index contributed by atoms with van der Waals surface area (Å²) in [6.07, 6.45) is 1.35. The lowest BCUT2D eigenvalue weighted by molar-refractivity contribution is 0.0690. The molecule has 2 aromatic rings. The molecule has 0 aliphatic rings. The molecule has 0 aliphatic carbocycles. The monoisotopic (exact) mass is 234 g/mol. The summed E-state index contributed by atoms with van der Waals surface area (Å²) < 4.78 is 12.7. The fourth-order valence-electron chi connectivity index (χ4n) is 1.53. The summed E-state index contributed by atoms with van der Waals surface area (Å²) in [5.74, 6) is -1.31. The highest BCUT2D eigenvalue weighted by molar-refractivity contribution is 5.85. The number of nitrogens with zero attached hydrogens (tertiary/aromatic N) is 1. The number of aromatic amines is 1. The molecule has 1 aromatic heterocycles. The number of benzene rings is 1. The van der Waals surface area contributed by atoms with Crippen LogP contribution in [0.25, 0.3) is 0 Å².